The van der Waals surface area contributed by atoms with Crippen LogP contribution in [-0.2, 0) is 0 Å². The quantitative estimate of drug-likeness (QED) is 0.173. The van der Waals surface area contributed by atoms with Gasteiger partial charge in [-0.05, 0) is 55.6 Å². The van der Waals surface area contributed by atoms with Crippen molar-refractivity contribution in [2.75, 3.05) is 0 Å². The summed E-state index contributed by atoms with van der Waals surface area (Å²) >= 11 is 0. The molecule has 0 bridgehead atoms. The lowest BCUT2D eigenvalue weighted by atomic mass is 9.86. The van der Waals surface area contributed by atoms with E-state index >= 15 is 0 Å². The summed E-state index contributed by atoms with van der Waals surface area (Å²) in [5.74, 6) is 0. The van der Waals surface area contributed by atoms with E-state index in [1.165, 1.54) is 82.7 Å². The molecule has 0 saturated heterocycles. The van der Waals surface area contributed by atoms with Crippen LogP contribution in [0.2, 0.25) is 0 Å². The first-order chi connectivity index (χ1) is 27.3. The van der Waals surface area contributed by atoms with Crippen LogP contribution in [0.25, 0.3) is 105 Å². The lowest BCUT2D eigenvalue weighted by molar-refractivity contribution is 1.27. The van der Waals surface area contributed by atoms with Gasteiger partial charge in [-0.15, -0.1) is 0 Å². The molecule has 0 spiro atoms. The summed E-state index contributed by atoms with van der Waals surface area (Å²) in [5.41, 5.74) is 17.3. The number of para-hydroxylation sites is 1. The van der Waals surface area contributed by atoms with Gasteiger partial charge in [0.25, 0.3) is 0 Å². The predicted octanol–water partition coefficient (Wildman–Crippen LogP) is 13.6. The van der Waals surface area contributed by atoms with Crippen LogP contribution in [0.3, 0.4) is 0 Å². The topological polar surface area (TPSA) is 30.2 Å². The number of hydrogen-bond donors (Lipinski definition) is 0. The molecule has 0 aliphatic rings. The molecule has 0 fully saturated rings. The standard InChI is InChI=1S/C52H33N3/c1-5-16-34(17-6-1)38-24-13-25-39(35-18-7-2-8-19-35)48(38)44-30-53-32-46-50(44)42-28-15-29-43-51-45(31-54-33-47(51)55(46)52(42)43)49-40(36-20-9-3-10-21-36)26-14-27-41(49)37-22-11-4-12-23-37/h1-33H. The van der Waals surface area contributed by atoms with E-state index in [-0.39, 0.29) is 0 Å². The molecule has 4 heterocycles. The van der Waals surface area contributed by atoms with E-state index in [1.807, 2.05) is 12.4 Å². The maximum Gasteiger partial charge on any atom is 0.0731 e. The van der Waals surface area contributed by atoms with Gasteiger partial charge in [-0.3, -0.25) is 9.97 Å². The summed E-state index contributed by atoms with van der Waals surface area (Å²) in [4.78, 5) is 10.0. The molecule has 3 nitrogen and oxygen atoms in total. The molecule has 0 N–H and O–H groups in total. The third-order valence-corrected chi connectivity index (χ3v) is 11.1. The molecule has 3 heteroatoms. The fourth-order valence-electron chi connectivity index (χ4n) is 8.86. The summed E-state index contributed by atoms with van der Waals surface area (Å²) < 4.78 is 2.41. The number of aromatic nitrogens is 3. The third-order valence-electron chi connectivity index (χ3n) is 11.1. The Kier molecular flexibility index (Phi) is 7.17. The van der Waals surface area contributed by atoms with Gasteiger partial charge in [-0.1, -0.05) is 176 Å². The van der Waals surface area contributed by atoms with Gasteiger partial charge in [-0.2, -0.15) is 0 Å². The largest absolute Gasteiger partial charge is 0.305 e. The van der Waals surface area contributed by atoms with Crippen molar-refractivity contribution in [1.29, 1.82) is 0 Å². The molecule has 256 valence electrons. The molecular formula is C52H33N3. The maximum atomic E-state index is 5.01. The lowest BCUT2D eigenvalue weighted by Crippen LogP contribution is -1.94. The number of pyridine rings is 2. The molecular weight excluding hydrogens is 667 g/mol. The van der Waals surface area contributed by atoms with E-state index in [2.05, 4.69) is 193 Å². The Hall–Kier alpha value is -7.36. The molecule has 11 aromatic rings. The van der Waals surface area contributed by atoms with Crippen molar-refractivity contribution in [2.24, 2.45) is 0 Å². The average molecular weight is 700 g/mol. The van der Waals surface area contributed by atoms with E-state index < -0.39 is 0 Å². The van der Waals surface area contributed by atoms with E-state index in [0.29, 0.717) is 0 Å². The minimum atomic E-state index is 1.07. The van der Waals surface area contributed by atoms with E-state index in [0.717, 1.165) is 22.2 Å². The fraction of sp³-hybridized carbons (Fsp3) is 0. The molecule has 0 aliphatic heterocycles. The first-order valence-corrected chi connectivity index (χ1v) is 18.7. The molecule has 0 aliphatic carbocycles. The second-order valence-corrected chi connectivity index (χ2v) is 14.1. The van der Waals surface area contributed by atoms with Gasteiger partial charge in [0.15, 0.2) is 0 Å². The van der Waals surface area contributed by atoms with Crippen LogP contribution < -0.4 is 0 Å². The number of nitrogens with zero attached hydrogens (tertiary/aromatic N) is 3. The summed E-state index contributed by atoms with van der Waals surface area (Å²) in [6.07, 6.45) is 8.19. The van der Waals surface area contributed by atoms with Crippen LogP contribution in [0.1, 0.15) is 0 Å². The molecule has 0 atom stereocenters. The molecule has 0 amide bonds. The lowest BCUT2D eigenvalue weighted by Gasteiger charge is -2.18. The molecule has 0 unspecified atom stereocenters. The van der Waals surface area contributed by atoms with Crippen LogP contribution in [-0.4, -0.2) is 14.4 Å². The molecule has 11 rings (SSSR count). The van der Waals surface area contributed by atoms with E-state index in [9.17, 15) is 0 Å². The zero-order chi connectivity index (χ0) is 36.3. The van der Waals surface area contributed by atoms with Crippen molar-refractivity contribution in [3.63, 3.8) is 0 Å². The first-order valence-electron chi connectivity index (χ1n) is 18.7. The monoisotopic (exact) mass is 699 g/mol. The predicted molar refractivity (Wildman–Crippen MR) is 229 cm³/mol. The average Bonchev–Trinajstić information content (AvgIpc) is 3.80. The van der Waals surface area contributed by atoms with Crippen LogP contribution in [0, 0.1) is 0 Å². The van der Waals surface area contributed by atoms with Crippen LogP contribution in [0.4, 0.5) is 0 Å². The van der Waals surface area contributed by atoms with Gasteiger partial charge >= 0.3 is 0 Å². The highest BCUT2D eigenvalue weighted by Gasteiger charge is 2.26. The van der Waals surface area contributed by atoms with Crippen molar-refractivity contribution in [2.45, 2.75) is 0 Å². The Morgan fingerprint density at radius 1 is 0.291 bits per heavy atom. The van der Waals surface area contributed by atoms with Crippen LogP contribution >= 0.6 is 0 Å². The second-order valence-electron chi connectivity index (χ2n) is 14.1. The van der Waals surface area contributed by atoms with Crippen molar-refractivity contribution in [1.82, 2.24) is 14.4 Å². The highest BCUT2D eigenvalue weighted by molar-refractivity contribution is 6.29. The van der Waals surface area contributed by atoms with Gasteiger partial charge in [0, 0.05) is 45.1 Å². The van der Waals surface area contributed by atoms with Crippen LogP contribution in [0.15, 0.2) is 201 Å². The van der Waals surface area contributed by atoms with Gasteiger partial charge in [0.05, 0.1) is 28.9 Å². The number of fused-ring (bicyclic) bond motifs is 6. The summed E-state index contributed by atoms with van der Waals surface area (Å²) in [6.45, 7) is 0. The van der Waals surface area contributed by atoms with Crippen LogP contribution in [0.5, 0.6) is 0 Å². The Labute approximate surface area is 318 Å². The zero-order valence-electron chi connectivity index (χ0n) is 29.9. The van der Waals surface area contributed by atoms with Crippen molar-refractivity contribution in [3.8, 4) is 66.8 Å². The van der Waals surface area contributed by atoms with Crippen molar-refractivity contribution < 1.29 is 0 Å². The highest BCUT2D eigenvalue weighted by atomic mass is 14.9. The normalized spacial score (nSPS) is 11.6. The molecule has 7 aromatic carbocycles. The smallest absolute Gasteiger partial charge is 0.0731 e. The summed E-state index contributed by atoms with van der Waals surface area (Å²) in [5, 5.41) is 4.79. The number of benzene rings is 7. The van der Waals surface area contributed by atoms with Gasteiger partial charge in [-0.25, -0.2) is 0 Å². The number of hydrogen-bond acceptors (Lipinski definition) is 2. The van der Waals surface area contributed by atoms with Gasteiger partial charge in [0.2, 0.25) is 0 Å². The summed E-state index contributed by atoms with van der Waals surface area (Å²) in [6, 6.07) is 62.9. The van der Waals surface area contributed by atoms with Gasteiger partial charge < -0.3 is 4.40 Å². The third kappa shape index (κ3) is 4.84. The number of rotatable bonds is 6. The molecule has 55 heavy (non-hydrogen) atoms. The Bertz CT molecular complexity index is 2840. The Balaban J connectivity index is 1.25. The van der Waals surface area contributed by atoms with Gasteiger partial charge in [0.1, 0.15) is 0 Å². The molecule has 0 saturated carbocycles. The Morgan fingerprint density at radius 3 is 0.964 bits per heavy atom. The zero-order valence-corrected chi connectivity index (χ0v) is 29.9. The Morgan fingerprint density at radius 2 is 0.618 bits per heavy atom. The molecule has 4 aromatic heterocycles. The van der Waals surface area contributed by atoms with E-state index in [1.54, 1.807) is 0 Å². The fourth-order valence-corrected chi connectivity index (χ4v) is 8.86. The van der Waals surface area contributed by atoms with E-state index in [4.69, 9.17) is 9.97 Å². The van der Waals surface area contributed by atoms with Crippen molar-refractivity contribution >= 4 is 38.1 Å². The second kappa shape index (κ2) is 12.6. The van der Waals surface area contributed by atoms with Crippen molar-refractivity contribution in [3.05, 3.63) is 201 Å². The molecule has 0 radical (unpaired) electrons. The SMILES string of the molecule is c1ccc(-c2cccc(-c3ccccc3)c2-c2cncc3c2c2cccc4c5c(-c6c(-c7ccccc7)cccc6-c6ccccc6)cncc5n3c24)cc1. The minimum absolute atomic E-state index is 1.07. The minimum Gasteiger partial charge on any atom is -0.305 e. The summed E-state index contributed by atoms with van der Waals surface area (Å²) in [7, 11) is 0. The first kappa shape index (κ1) is 31.2. The highest BCUT2D eigenvalue weighted by Crippen LogP contribution is 2.50. The maximum absolute atomic E-state index is 5.01.